The van der Waals surface area contributed by atoms with Crippen molar-refractivity contribution >= 4 is 42.3 Å². The van der Waals surface area contributed by atoms with Crippen molar-refractivity contribution in [2.75, 3.05) is 38.0 Å². The second-order valence-corrected chi connectivity index (χ2v) is 7.80. The molecule has 1 aromatic carbocycles. The van der Waals surface area contributed by atoms with E-state index in [2.05, 4.69) is 17.1 Å². The first-order chi connectivity index (χ1) is 13.0. The molecule has 1 heterocycles. The Morgan fingerprint density at radius 3 is 2.28 bits per heavy atom. The predicted octanol–water partition coefficient (Wildman–Crippen LogP) is 2.69. The van der Waals surface area contributed by atoms with Crippen molar-refractivity contribution in [1.82, 2.24) is 9.80 Å². The minimum Gasteiger partial charge on any atom is -0.340 e. The quantitative estimate of drug-likeness (QED) is 0.706. The maximum atomic E-state index is 12.5. The van der Waals surface area contributed by atoms with Crippen LogP contribution >= 0.6 is 24.8 Å². The third-order valence-corrected chi connectivity index (χ3v) is 5.93. The number of carbonyl (C=O) groups excluding carboxylic acids is 2. The summed E-state index contributed by atoms with van der Waals surface area (Å²) in [5.41, 5.74) is 7.80. The molecule has 1 saturated heterocycles. The number of anilines is 1. The zero-order valence-electron chi connectivity index (χ0n) is 17.1. The number of nitrogens with zero attached hydrogens (tertiary/aromatic N) is 2. The zero-order chi connectivity index (χ0) is 19.2. The normalized spacial score (nSPS) is 21.8. The lowest BCUT2D eigenvalue weighted by molar-refractivity contribution is -0.132. The second-order valence-electron chi connectivity index (χ2n) is 7.80. The lowest BCUT2D eigenvalue weighted by atomic mass is 10.00. The van der Waals surface area contributed by atoms with E-state index in [0.29, 0.717) is 18.8 Å². The van der Waals surface area contributed by atoms with Gasteiger partial charge in [-0.1, -0.05) is 25.5 Å². The van der Waals surface area contributed by atoms with Crippen LogP contribution in [0.3, 0.4) is 0 Å². The van der Waals surface area contributed by atoms with Crippen LogP contribution in [0.25, 0.3) is 0 Å². The molecule has 164 valence electrons. The standard InChI is InChI=1S/C21H32N4O2.2ClH/c1-2-24-10-12-25(13-11-24)21(27)14-16-6-8-18(9-7-16)23-20(26)15-17-4-3-5-19(17)22;;/h6-9,17,19H,2-5,10-15,22H2,1H3,(H,23,26);2*1H/t17-,19+;;/m0../s1. The van der Waals surface area contributed by atoms with Gasteiger partial charge in [0.25, 0.3) is 0 Å². The Morgan fingerprint density at radius 2 is 1.72 bits per heavy atom. The summed E-state index contributed by atoms with van der Waals surface area (Å²) in [5.74, 6) is 0.503. The SMILES string of the molecule is CCN1CCN(C(=O)Cc2ccc(NC(=O)C[C@@H]3CCC[C@H]3N)cc2)CC1.Cl.Cl. The van der Waals surface area contributed by atoms with Gasteiger partial charge in [0.15, 0.2) is 0 Å². The van der Waals surface area contributed by atoms with Gasteiger partial charge in [0.1, 0.15) is 0 Å². The molecule has 29 heavy (non-hydrogen) atoms. The number of nitrogens with two attached hydrogens (primary N) is 1. The van der Waals surface area contributed by atoms with Gasteiger partial charge in [0.2, 0.25) is 11.8 Å². The molecular formula is C21H34Cl2N4O2. The van der Waals surface area contributed by atoms with Gasteiger partial charge in [-0.05, 0) is 43.0 Å². The van der Waals surface area contributed by atoms with Gasteiger partial charge >= 0.3 is 0 Å². The minimum absolute atomic E-state index is 0. The summed E-state index contributed by atoms with van der Waals surface area (Å²) in [6.45, 7) is 6.73. The average Bonchev–Trinajstić information content (AvgIpc) is 3.08. The highest BCUT2D eigenvalue weighted by Gasteiger charge is 2.26. The van der Waals surface area contributed by atoms with Crippen LogP contribution in [0, 0.1) is 5.92 Å². The van der Waals surface area contributed by atoms with Crippen molar-refractivity contribution in [2.24, 2.45) is 11.7 Å². The fourth-order valence-electron chi connectivity index (χ4n) is 4.07. The second kappa shape index (κ2) is 12.4. The molecule has 2 aliphatic rings. The predicted molar refractivity (Wildman–Crippen MR) is 122 cm³/mol. The van der Waals surface area contributed by atoms with Gasteiger partial charge < -0.3 is 20.9 Å². The largest absolute Gasteiger partial charge is 0.340 e. The Balaban J connectivity index is 0.00000210. The Bertz CT molecular complexity index is 649. The summed E-state index contributed by atoms with van der Waals surface area (Å²) >= 11 is 0. The lowest BCUT2D eigenvalue weighted by Gasteiger charge is -2.34. The molecule has 0 bridgehead atoms. The monoisotopic (exact) mass is 444 g/mol. The molecule has 6 nitrogen and oxygen atoms in total. The first-order valence-electron chi connectivity index (χ1n) is 10.2. The van der Waals surface area contributed by atoms with Gasteiger partial charge in [-0.15, -0.1) is 24.8 Å². The number of hydrogen-bond acceptors (Lipinski definition) is 4. The number of rotatable bonds is 6. The summed E-state index contributed by atoms with van der Waals surface area (Å²) < 4.78 is 0. The first kappa shape index (κ1) is 25.7. The van der Waals surface area contributed by atoms with Crippen LogP contribution in [-0.2, 0) is 16.0 Å². The number of halogens is 2. The molecule has 2 amide bonds. The molecule has 1 saturated carbocycles. The van der Waals surface area contributed by atoms with Gasteiger partial charge in [-0.2, -0.15) is 0 Å². The fraction of sp³-hybridized carbons (Fsp3) is 0.619. The lowest BCUT2D eigenvalue weighted by Crippen LogP contribution is -2.48. The molecule has 0 unspecified atom stereocenters. The van der Waals surface area contributed by atoms with Crippen LogP contribution in [0.5, 0.6) is 0 Å². The molecule has 0 spiro atoms. The molecule has 0 radical (unpaired) electrons. The molecule has 8 heteroatoms. The average molecular weight is 445 g/mol. The van der Waals surface area contributed by atoms with Crippen LogP contribution in [0.2, 0.25) is 0 Å². The van der Waals surface area contributed by atoms with E-state index in [9.17, 15) is 9.59 Å². The molecule has 3 rings (SSSR count). The van der Waals surface area contributed by atoms with Gasteiger partial charge in [-0.25, -0.2) is 0 Å². The highest BCUT2D eigenvalue weighted by atomic mass is 35.5. The minimum atomic E-state index is 0. The summed E-state index contributed by atoms with van der Waals surface area (Å²) in [4.78, 5) is 29.0. The first-order valence-corrected chi connectivity index (χ1v) is 10.2. The summed E-state index contributed by atoms with van der Waals surface area (Å²) in [7, 11) is 0. The van der Waals surface area contributed by atoms with Crippen molar-refractivity contribution in [3.63, 3.8) is 0 Å². The fourth-order valence-corrected chi connectivity index (χ4v) is 4.07. The third-order valence-electron chi connectivity index (χ3n) is 5.93. The van der Waals surface area contributed by atoms with E-state index in [1.165, 1.54) is 0 Å². The summed E-state index contributed by atoms with van der Waals surface area (Å²) in [5, 5.41) is 2.95. The van der Waals surface area contributed by atoms with Gasteiger partial charge in [0, 0.05) is 44.3 Å². The van der Waals surface area contributed by atoms with E-state index in [4.69, 9.17) is 5.73 Å². The van der Waals surface area contributed by atoms with Gasteiger partial charge in [0.05, 0.1) is 6.42 Å². The number of nitrogens with one attached hydrogen (secondary N) is 1. The van der Waals surface area contributed by atoms with Crippen molar-refractivity contribution < 1.29 is 9.59 Å². The van der Waals surface area contributed by atoms with Crippen LogP contribution in [0.15, 0.2) is 24.3 Å². The van der Waals surface area contributed by atoms with E-state index in [-0.39, 0.29) is 42.7 Å². The van der Waals surface area contributed by atoms with E-state index < -0.39 is 0 Å². The molecule has 2 fully saturated rings. The Kier molecular flexibility index (Phi) is 11.0. The van der Waals surface area contributed by atoms with Crippen molar-refractivity contribution in [3.05, 3.63) is 29.8 Å². The Hall–Kier alpha value is -1.34. The van der Waals surface area contributed by atoms with Crippen molar-refractivity contribution in [3.8, 4) is 0 Å². The number of benzene rings is 1. The highest BCUT2D eigenvalue weighted by molar-refractivity contribution is 5.91. The van der Waals surface area contributed by atoms with Crippen molar-refractivity contribution in [2.45, 2.75) is 45.1 Å². The van der Waals surface area contributed by atoms with Crippen molar-refractivity contribution in [1.29, 1.82) is 0 Å². The molecule has 1 aromatic rings. The van der Waals surface area contributed by atoms with Crippen LogP contribution < -0.4 is 11.1 Å². The van der Waals surface area contributed by atoms with Gasteiger partial charge in [-0.3, -0.25) is 9.59 Å². The Morgan fingerprint density at radius 1 is 1.07 bits per heavy atom. The molecular weight excluding hydrogens is 411 g/mol. The maximum absolute atomic E-state index is 12.5. The third kappa shape index (κ3) is 7.45. The molecule has 2 atom stereocenters. The topological polar surface area (TPSA) is 78.7 Å². The highest BCUT2D eigenvalue weighted by Crippen LogP contribution is 2.27. The van der Waals surface area contributed by atoms with E-state index in [1.807, 2.05) is 29.2 Å². The molecule has 0 aromatic heterocycles. The zero-order valence-corrected chi connectivity index (χ0v) is 18.8. The van der Waals surface area contributed by atoms with E-state index in [1.54, 1.807) is 0 Å². The van der Waals surface area contributed by atoms with Crippen LogP contribution in [0.1, 0.15) is 38.2 Å². The molecule has 1 aliphatic heterocycles. The van der Waals surface area contributed by atoms with Crippen LogP contribution in [-0.4, -0.2) is 60.4 Å². The number of likely N-dealkylation sites (N-methyl/N-ethyl adjacent to an activating group) is 1. The summed E-state index contributed by atoms with van der Waals surface area (Å²) in [6, 6.07) is 7.77. The number of piperazine rings is 1. The Labute approximate surface area is 186 Å². The van der Waals surface area contributed by atoms with E-state index in [0.717, 1.165) is 63.2 Å². The summed E-state index contributed by atoms with van der Waals surface area (Å²) in [6.07, 6.45) is 4.09. The smallest absolute Gasteiger partial charge is 0.227 e. The molecule has 1 aliphatic carbocycles. The number of carbonyl (C=O) groups is 2. The molecule has 3 N–H and O–H groups in total. The van der Waals surface area contributed by atoms with E-state index >= 15 is 0 Å². The van der Waals surface area contributed by atoms with Crippen LogP contribution in [0.4, 0.5) is 5.69 Å². The number of amides is 2. The number of hydrogen-bond donors (Lipinski definition) is 2. The maximum Gasteiger partial charge on any atom is 0.227 e.